The highest BCUT2D eigenvalue weighted by atomic mass is 19.1. The number of piperidine rings is 1. The Labute approximate surface area is 281 Å². The van der Waals surface area contributed by atoms with Crippen LogP contribution < -0.4 is 15.4 Å². The summed E-state index contributed by atoms with van der Waals surface area (Å²) in [6.45, 7) is 5.74. The highest BCUT2D eigenvalue weighted by Crippen LogP contribution is 2.42. The minimum absolute atomic E-state index is 0.186. The predicted molar refractivity (Wildman–Crippen MR) is 178 cm³/mol. The molecule has 0 bridgehead atoms. The molecule has 1 saturated carbocycles. The molecule has 1 aliphatic heterocycles. The van der Waals surface area contributed by atoms with Gasteiger partial charge in [0.05, 0.1) is 18.3 Å². The van der Waals surface area contributed by atoms with E-state index in [1.165, 1.54) is 37.5 Å². The number of allylic oxidation sites excluding steroid dienone is 3. The average Bonchev–Trinajstić information content (AvgIpc) is 3.05. The number of likely N-dealkylation sites (tertiary alicyclic amines) is 1. The maximum atomic E-state index is 15.5. The number of aromatic nitrogens is 1. The van der Waals surface area contributed by atoms with Crippen LogP contribution in [-0.4, -0.2) is 73.3 Å². The molecule has 2 fully saturated rings. The van der Waals surface area contributed by atoms with Crippen LogP contribution in [0.1, 0.15) is 69.5 Å². The first-order valence-corrected chi connectivity index (χ1v) is 17.2. The highest BCUT2D eigenvalue weighted by Gasteiger charge is 2.51. The zero-order valence-corrected chi connectivity index (χ0v) is 27.8. The van der Waals surface area contributed by atoms with Crippen molar-refractivity contribution in [2.45, 2.75) is 83.0 Å². The van der Waals surface area contributed by atoms with Gasteiger partial charge in [0.2, 0.25) is 11.8 Å². The van der Waals surface area contributed by atoms with E-state index >= 15 is 4.39 Å². The molecule has 4 atom stereocenters. The zero-order valence-electron chi connectivity index (χ0n) is 27.8. The predicted octanol–water partition coefficient (Wildman–Crippen LogP) is 5.61. The SMILES string of the molecule is COC1Cc2c(OC3CC=C(NC(=O)C4(C(=O)NC5C=CC(F)=CC5C)CCC4)C=C3F)ccnc2C=C1OCCCN1CCCCC1. The van der Waals surface area contributed by atoms with E-state index in [2.05, 4.69) is 20.5 Å². The number of fused-ring (bicyclic) bond motifs is 1. The van der Waals surface area contributed by atoms with Gasteiger partial charge >= 0.3 is 0 Å². The van der Waals surface area contributed by atoms with Crippen molar-refractivity contribution in [1.82, 2.24) is 20.5 Å². The molecule has 258 valence electrons. The van der Waals surface area contributed by atoms with Gasteiger partial charge < -0.3 is 29.7 Å². The van der Waals surface area contributed by atoms with Crippen molar-refractivity contribution >= 4 is 17.9 Å². The van der Waals surface area contributed by atoms with Crippen molar-refractivity contribution in [1.29, 1.82) is 0 Å². The molecule has 5 aliphatic rings. The quantitative estimate of drug-likeness (QED) is 0.222. The monoisotopic (exact) mass is 664 g/mol. The zero-order chi connectivity index (χ0) is 33.7. The summed E-state index contributed by atoms with van der Waals surface area (Å²) in [7, 11) is 1.64. The smallest absolute Gasteiger partial charge is 0.240 e. The van der Waals surface area contributed by atoms with Crippen molar-refractivity contribution in [3.63, 3.8) is 0 Å². The molecule has 4 aliphatic carbocycles. The maximum Gasteiger partial charge on any atom is 0.240 e. The lowest BCUT2D eigenvalue weighted by atomic mass is 9.67. The number of halogens is 2. The molecule has 4 unspecified atom stereocenters. The van der Waals surface area contributed by atoms with E-state index < -0.39 is 35.2 Å². The summed E-state index contributed by atoms with van der Waals surface area (Å²) in [5.41, 5.74) is 0.565. The normalized spacial score (nSPS) is 26.5. The first-order valence-electron chi connectivity index (χ1n) is 17.2. The third-order valence-corrected chi connectivity index (χ3v) is 10.2. The van der Waals surface area contributed by atoms with E-state index in [1.807, 2.05) is 6.08 Å². The third-order valence-electron chi connectivity index (χ3n) is 10.2. The highest BCUT2D eigenvalue weighted by molar-refractivity contribution is 6.06. The number of amides is 2. The van der Waals surface area contributed by atoms with Gasteiger partial charge in [-0.25, -0.2) is 8.78 Å². The Bertz CT molecular complexity index is 1530. The summed E-state index contributed by atoms with van der Waals surface area (Å²) in [6.07, 6.45) is 16.6. The second-order valence-corrected chi connectivity index (χ2v) is 13.4. The van der Waals surface area contributed by atoms with Gasteiger partial charge in [-0.05, 0) is 69.5 Å². The number of nitrogens with one attached hydrogen (secondary N) is 2. The number of nitrogens with zero attached hydrogens (tertiary/aromatic N) is 2. The summed E-state index contributed by atoms with van der Waals surface area (Å²) in [6, 6.07) is 1.32. The number of pyridine rings is 1. The molecule has 0 radical (unpaired) electrons. The van der Waals surface area contributed by atoms with Crippen molar-refractivity contribution < 1.29 is 32.6 Å². The molecule has 2 N–H and O–H groups in total. The van der Waals surface area contributed by atoms with Crippen LogP contribution in [0.25, 0.3) is 6.08 Å². The number of ether oxygens (including phenoxy) is 3. The fourth-order valence-corrected chi connectivity index (χ4v) is 7.02. The van der Waals surface area contributed by atoms with Gasteiger partial charge in [-0.1, -0.05) is 31.9 Å². The van der Waals surface area contributed by atoms with Crippen LogP contribution in [-0.2, 0) is 25.5 Å². The van der Waals surface area contributed by atoms with Crippen molar-refractivity contribution in [2.75, 3.05) is 33.4 Å². The number of hydrogen-bond acceptors (Lipinski definition) is 7. The van der Waals surface area contributed by atoms with Gasteiger partial charge in [-0.2, -0.15) is 0 Å². The van der Waals surface area contributed by atoms with Crippen LogP contribution >= 0.6 is 0 Å². The van der Waals surface area contributed by atoms with Crippen LogP contribution in [0.2, 0.25) is 0 Å². The molecule has 2 heterocycles. The second kappa shape index (κ2) is 15.2. The van der Waals surface area contributed by atoms with Crippen LogP contribution in [0.4, 0.5) is 8.78 Å². The number of carbonyl (C=O) groups is 2. The number of rotatable bonds is 12. The number of carbonyl (C=O) groups excluding carboxylic acids is 2. The average molecular weight is 665 g/mol. The Hall–Kier alpha value is -3.83. The van der Waals surface area contributed by atoms with Gasteiger partial charge in [-0.3, -0.25) is 14.6 Å². The van der Waals surface area contributed by atoms with Gasteiger partial charge in [0, 0.05) is 55.9 Å². The molecule has 0 aromatic carbocycles. The van der Waals surface area contributed by atoms with Crippen molar-refractivity contribution in [3.05, 3.63) is 77.0 Å². The van der Waals surface area contributed by atoms with E-state index in [-0.39, 0.29) is 30.0 Å². The lowest BCUT2D eigenvalue weighted by Crippen LogP contribution is -2.57. The van der Waals surface area contributed by atoms with Crippen LogP contribution in [0.3, 0.4) is 0 Å². The summed E-state index contributed by atoms with van der Waals surface area (Å²) < 4.78 is 47.1. The third kappa shape index (κ3) is 7.57. The van der Waals surface area contributed by atoms with Gasteiger partial charge in [0.25, 0.3) is 0 Å². The van der Waals surface area contributed by atoms with Gasteiger partial charge in [0.15, 0.2) is 6.10 Å². The summed E-state index contributed by atoms with van der Waals surface area (Å²) >= 11 is 0. The van der Waals surface area contributed by atoms with E-state index in [0.717, 1.165) is 43.8 Å². The summed E-state index contributed by atoms with van der Waals surface area (Å²) in [5.74, 6) is -0.754. The molecule has 1 aromatic rings. The largest absolute Gasteiger partial charge is 0.495 e. The molecule has 9 nitrogen and oxygen atoms in total. The van der Waals surface area contributed by atoms with Crippen LogP contribution in [0, 0.1) is 11.3 Å². The Morgan fingerprint density at radius 3 is 2.60 bits per heavy atom. The molecular formula is C37H46F2N4O5. The molecular weight excluding hydrogens is 618 g/mol. The minimum Gasteiger partial charge on any atom is -0.495 e. The lowest BCUT2D eigenvalue weighted by molar-refractivity contribution is -0.149. The first kappa shape index (κ1) is 34.0. The molecule has 2 amide bonds. The number of hydrogen-bond donors (Lipinski definition) is 2. The maximum absolute atomic E-state index is 15.5. The molecule has 1 aromatic heterocycles. The van der Waals surface area contributed by atoms with Gasteiger partial charge in [-0.15, -0.1) is 0 Å². The molecule has 0 spiro atoms. The van der Waals surface area contributed by atoms with Crippen LogP contribution in [0.15, 0.2) is 65.8 Å². The summed E-state index contributed by atoms with van der Waals surface area (Å²) in [4.78, 5) is 33.7. The van der Waals surface area contributed by atoms with E-state index in [9.17, 15) is 14.0 Å². The van der Waals surface area contributed by atoms with Crippen molar-refractivity contribution in [2.24, 2.45) is 11.3 Å². The fraction of sp³-hybridized carbons (Fsp3) is 0.541. The fourth-order valence-electron chi connectivity index (χ4n) is 7.02. The lowest BCUT2D eigenvalue weighted by Gasteiger charge is -2.40. The number of methoxy groups -OCH3 is 1. The minimum atomic E-state index is -1.25. The second-order valence-electron chi connectivity index (χ2n) is 13.4. The van der Waals surface area contributed by atoms with Gasteiger partial charge in [0.1, 0.15) is 34.7 Å². The first-order chi connectivity index (χ1) is 23.3. The molecule has 48 heavy (non-hydrogen) atoms. The van der Waals surface area contributed by atoms with E-state index in [0.29, 0.717) is 37.3 Å². The summed E-state index contributed by atoms with van der Waals surface area (Å²) in [5, 5.41) is 5.67. The standard InChI is InChI=1S/C37H46F2N4O5/c1-24-20-25(38)8-10-29(24)42-36(45)37(13-6-14-37)35(44)41-26-9-11-32(28(39)21-26)48-31-12-15-40-30-23-34(33(46-2)22-27(30)31)47-19-7-18-43-16-4-3-5-17-43/h8-10,12,15,20-21,23-24,29,32-33H,3-7,11,13-14,16-19,22H2,1-2H3,(H,41,44)(H,42,45). The molecule has 6 rings (SSSR count). The van der Waals surface area contributed by atoms with E-state index in [4.69, 9.17) is 14.2 Å². The molecule has 11 heteroatoms. The van der Waals surface area contributed by atoms with E-state index in [1.54, 1.807) is 38.4 Å². The Morgan fingerprint density at radius 2 is 1.90 bits per heavy atom. The topological polar surface area (TPSA) is 102 Å². The van der Waals surface area contributed by atoms with Crippen molar-refractivity contribution in [3.8, 4) is 5.75 Å². The Morgan fingerprint density at radius 1 is 1.08 bits per heavy atom. The molecule has 1 saturated heterocycles. The Balaban J connectivity index is 1.05. The van der Waals surface area contributed by atoms with Crippen LogP contribution in [0.5, 0.6) is 5.75 Å². The Kier molecular flexibility index (Phi) is 10.8.